The minimum atomic E-state index is -0.274. The number of methoxy groups -OCH3 is 4. The number of nitrogens with zero attached hydrogens (tertiary/aromatic N) is 1. The Kier molecular flexibility index (Phi) is 7.06. The molecule has 1 N–H and O–H groups in total. The summed E-state index contributed by atoms with van der Waals surface area (Å²) in [5.74, 6) is 2.33. The Labute approximate surface area is 204 Å². The molecule has 1 amide bonds. The Bertz CT molecular complexity index is 1370. The van der Waals surface area contributed by atoms with Crippen LogP contribution in [0.4, 0.5) is 0 Å². The van der Waals surface area contributed by atoms with Crippen LogP contribution in [0, 0.1) is 0 Å². The summed E-state index contributed by atoms with van der Waals surface area (Å²) in [6.07, 6.45) is 0. The van der Waals surface area contributed by atoms with E-state index in [2.05, 4.69) is 5.32 Å². The molecule has 0 radical (unpaired) electrons. The molecule has 7 heteroatoms. The molecule has 1 heterocycles. The highest BCUT2D eigenvalue weighted by molar-refractivity contribution is 6.07. The van der Waals surface area contributed by atoms with Crippen LogP contribution in [0.25, 0.3) is 22.2 Å². The lowest BCUT2D eigenvalue weighted by Crippen LogP contribution is -2.27. The Balaban J connectivity index is 1.74. The molecule has 0 bridgehead atoms. The smallest absolute Gasteiger partial charge is 0.252 e. The van der Waals surface area contributed by atoms with Crippen LogP contribution in [0.5, 0.6) is 23.0 Å². The van der Waals surface area contributed by atoms with E-state index in [0.717, 1.165) is 16.5 Å². The van der Waals surface area contributed by atoms with Gasteiger partial charge in [-0.1, -0.05) is 24.3 Å². The van der Waals surface area contributed by atoms with Crippen molar-refractivity contribution in [3.05, 3.63) is 77.9 Å². The molecule has 0 spiro atoms. The summed E-state index contributed by atoms with van der Waals surface area (Å²) in [4.78, 5) is 18.3. The maximum absolute atomic E-state index is 13.5. The molecule has 0 unspecified atom stereocenters. The molecule has 0 aliphatic heterocycles. The largest absolute Gasteiger partial charge is 0.497 e. The highest BCUT2D eigenvalue weighted by Gasteiger charge is 2.19. The summed E-state index contributed by atoms with van der Waals surface area (Å²) in [5, 5.41) is 3.86. The highest BCUT2D eigenvalue weighted by atomic mass is 16.5. The number of benzene rings is 3. The number of pyridine rings is 1. The number of hydrogen-bond acceptors (Lipinski definition) is 6. The first-order valence-corrected chi connectivity index (χ1v) is 11.1. The molecular weight excluding hydrogens is 444 g/mol. The van der Waals surface area contributed by atoms with E-state index in [0.29, 0.717) is 39.8 Å². The number of hydrogen-bond donors (Lipinski definition) is 1. The van der Waals surface area contributed by atoms with Crippen LogP contribution in [0.1, 0.15) is 28.9 Å². The Hall–Kier alpha value is -4.26. The monoisotopic (exact) mass is 472 g/mol. The number of ether oxygens (including phenoxy) is 4. The summed E-state index contributed by atoms with van der Waals surface area (Å²) in [5.41, 5.74) is 3.47. The van der Waals surface area contributed by atoms with Crippen LogP contribution in [0.2, 0.25) is 0 Å². The van der Waals surface area contributed by atoms with Crippen LogP contribution in [-0.4, -0.2) is 39.3 Å². The van der Waals surface area contributed by atoms with E-state index >= 15 is 0 Å². The predicted molar refractivity (Wildman–Crippen MR) is 136 cm³/mol. The summed E-state index contributed by atoms with van der Waals surface area (Å²) in [6.45, 7) is 1.93. The lowest BCUT2D eigenvalue weighted by atomic mass is 10.0. The number of para-hydroxylation sites is 1. The summed E-state index contributed by atoms with van der Waals surface area (Å²) >= 11 is 0. The van der Waals surface area contributed by atoms with E-state index in [9.17, 15) is 4.79 Å². The van der Waals surface area contributed by atoms with Gasteiger partial charge in [-0.3, -0.25) is 4.79 Å². The summed E-state index contributed by atoms with van der Waals surface area (Å²) in [7, 11) is 6.38. The third-order valence-electron chi connectivity index (χ3n) is 5.90. The molecule has 0 aliphatic carbocycles. The van der Waals surface area contributed by atoms with Crippen molar-refractivity contribution >= 4 is 16.8 Å². The van der Waals surface area contributed by atoms with Crippen molar-refractivity contribution in [3.8, 4) is 34.3 Å². The van der Waals surface area contributed by atoms with Crippen molar-refractivity contribution < 1.29 is 23.7 Å². The second-order valence-corrected chi connectivity index (χ2v) is 7.95. The maximum Gasteiger partial charge on any atom is 0.252 e. The average molecular weight is 473 g/mol. The minimum absolute atomic E-state index is 0.214. The molecule has 0 fully saturated rings. The minimum Gasteiger partial charge on any atom is -0.497 e. The molecule has 4 rings (SSSR count). The fourth-order valence-corrected chi connectivity index (χ4v) is 4.00. The number of amides is 1. The van der Waals surface area contributed by atoms with Gasteiger partial charge >= 0.3 is 0 Å². The van der Waals surface area contributed by atoms with Crippen LogP contribution < -0.4 is 24.3 Å². The Morgan fingerprint density at radius 2 is 1.51 bits per heavy atom. The topological polar surface area (TPSA) is 78.9 Å². The number of carbonyl (C=O) groups excluding carboxylic acids is 1. The molecular formula is C28H28N2O5. The zero-order valence-electron chi connectivity index (χ0n) is 20.4. The van der Waals surface area contributed by atoms with E-state index in [1.807, 2.05) is 67.6 Å². The van der Waals surface area contributed by atoms with Gasteiger partial charge in [0.15, 0.2) is 11.5 Å². The van der Waals surface area contributed by atoms with Gasteiger partial charge in [0, 0.05) is 10.9 Å². The number of fused-ring (bicyclic) bond motifs is 1. The molecule has 7 nitrogen and oxygen atoms in total. The normalized spacial score (nSPS) is 11.6. The van der Waals surface area contributed by atoms with Gasteiger partial charge in [-0.05, 0) is 55.0 Å². The lowest BCUT2D eigenvalue weighted by Gasteiger charge is -2.18. The van der Waals surface area contributed by atoms with E-state index in [1.165, 1.54) is 0 Å². The number of rotatable bonds is 8. The second-order valence-electron chi connectivity index (χ2n) is 7.95. The molecule has 0 saturated heterocycles. The van der Waals surface area contributed by atoms with Crippen molar-refractivity contribution in [3.63, 3.8) is 0 Å². The molecule has 0 aliphatic rings. The third-order valence-corrected chi connectivity index (χ3v) is 5.90. The van der Waals surface area contributed by atoms with Gasteiger partial charge in [-0.25, -0.2) is 4.98 Å². The van der Waals surface area contributed by atoms with Crippen molar-refractivity contribution in [2.45, 2.75) is 13.0 Å². The van der Waals surface area contributed by atoms with Crippen LogP contribution in [-0.2, 0) is 0 Å². The van der Waals surface area contributed by atoms with Gasteiger partial charge in [-0.2, -0.15) is 0 Å². The maximum atomic E-state index is 13.5. The number of nitrogens with one attached hydrogen (secondary N) is 1. The number of aromatic nitrogens is 1. The molecule has 1 aromatic heterocycles. The first-order chi connectivity index (χ1) is 17.0. The first-order valence-electron chi connectivity index (χ1n) is 11.1. The Morgan fingerprint density at radius 1 is 0.800 bits per heavy atom. The standard InChI is InChI=1S/C28H28N2O5/c1-17(18-10-12-26(34-4)27(14-18)35-5)29-28(31)21-16-24(30-23-9-7-6-8-20(21)23)22-15-19(32-2)11-13-25(22)33-3/h6-17H,1-5H3,(H,29,31)/t17-/m0/s1. The van der Waals surface area contributed by atoms with Crippen LogP contribution in [0.3, 0.4) is 0 Å². The third kappa shape index (κ3) is 4.84. The van der Waals surface area contributed by atoms with Gasteiger partial charge < -0.3 is 24.3 Å². The average Bonchev–Trinajstić information content (AvgIpc) is 2.91. The second kappa shape index (κ2) is 10.3. The first kappa shape index (κ1) is 23.9. The number of carbonyl (C=O) groups is 1. The van der Waals surface area contributed by atoms with E-state index < -0.39 is 0 Å². The van der Waals surface area contributed by atoms with Crippen molar-refractivity contribution in [1.29, 1.82) is 0 Å². The zero-order valence-corrected chi connectivity index (χ0v) is 20.4. The fourth-order valence-electron chi connectivity index (χ4n) is 4.00. The molecule has 0 saturated carbocycles. The molecule has 4 aromatic rings. The molecule has 180 valence electrons. The zero-order chi connectivity index (χ0) is 24.9. The quantitative estimate of drug-likeness (QED) is 0.369. The van der Waals surface area contributed by atoms with Crippen molar-refractivity contribution in [2.24, 2.45) is 0 Å². The summed E-state index contributed by atoms with van der Waals surface area (Å²) in [6, 6.07) is 20.2. The Morgan fingerprint density at radius 3 is 2.23 bits per heavy atom. The van der Waals surface area contributed by atoms with Gasteiger partial charge in [0.05, 0.1) is 51.3 Å². The highest BCUT2D eigenvalue weighted by Crippen LogP contribution is 2.35. The van der Waals surface area contributed by atoms with E-state index in [1.54, 1.807) is 34.5 Å². The van der Waals surface area contributed by atoms with E-state index in [-0.39, 0.29) is 11.9 Å². The molecule has 3 aromatic carbocycles. The molecule has 1 atom stereocenters. The van der Waals surface area contributed by atoms with Gasteiger partial charge in [0.25, 0.3) is 5.91 Å². The predicted octanol–water partition coefficient (Wildman–Crippen LogP) is 5.43. The van der Waals surface area contributed by atoms with Crippen LogP contribution >= 0.6 is 0 Å². The summed E-state index contributed by atoms with van der Waals surface area (Å²) < 4.78 is 21.7. The van der Waals surface area contributed by atoms with Gasteiger partial charge in [-0.15, -0.1) is 0 Å². The van der Waals surface area contributed by atoms with Gasteiger partial charge in [0.1, 0.15) is 11.5 Å². The fraction of sp³-hybridized carbons (Fsp3) is 0.214. The van der Waals surface area contributed by atoms with Gasteiger partial charge in [0.2, 0.25) is 0 Å². The van der Waals surface area contributed by atoms with Crippen molar-refractivity contribution in [2.75, 3.05) is 28.4 Å². The van der Waals surface area contributed by atoms with E-state index in [4.69, 9.17) is 23.9 Å². The van der Waals surface area contributed by atoms with Crippen molar-refractivity contribution in [1.82, 2.24) is 10.3 Å². The SMILES string of the molecule is COc1ccc(OC)c(-c2cc(C(=O)N[C@@H](C)c3ccc(OC)c(OC)c3)c3ccccc3n2)c1. The van der Waals surface area contributed by atoms with Crippen LogP contribution in [0.15, 0.2) is 66.7 Å². The molecule has 35 heavy (non-hydrogen) atoms. The lowest BCUT2D eigenvalue weighted by molar-refractivity contribution is 0.0941.